The number of fused-ring (bicyclic) bond motifs is 10. The second-order valence-electron chi connectivity index (χ2n) is 19.4. The fourth-order valence-corrected chi connectivity index (χ4v) is 14.5. The molecule has 0 heterocycles. The summed E-state index contributed by atoms with van der Waals surface area (Å²) in [5, 5.41) is 43.1. The van der Waals surface area contributed by atoms with E-state index in [4.69, 9.17) is 4.74 Å². The van der Waals surface area contributed by atoms with Crippen molar-refractivity contribution < 1.29 is 58.3 Å². The van der Waals surface area contributed by atoms with Gasteiger partial charge in [0.1, 0.15) is 24.2 Å². The maximum absolute atomic E-state index is 16.9. The quantitative estimate of drug-likeness (QED) is 0.222. The summed E-state index contributed by atoms with van der Waals surface area (Å²) in [6.45, 7) is 5.88. The van der Waals surface area contributed by atoms with Gasteiger partial charge in [-0.3, -0.25) is 24.0 Å². The zero-order chi connectivity index (χ0) is 40.8. The fourth-order valence-electron chi connectivity index (χ4n) is 14.5. The van der Waals surface area contributed by atoms with E-state index in [2.05, 4.69) is 6.92 Å². The predicted octanol–water partition coefficient (Wildman–Crippen LogP) is 4.29. The maximum atomic E-state index is 16.9. The molecular weight excluding hydrogens is 723 g/mol. The molecule has 0 amide bonds. The topological polar surface area (TPSA) is 193 Å². The van der Waals surface area contributed by atoms with Crippen molar-refractivity contribution >= 4 is 35.4 Å². The number of ketones is 4. The van der Waals surface area contributed by atoms with Crippen LogP contribution in [0, 0.1) is 57.2 Å². The number of allylic oxidation sites excluding steroid dienone is 2. The fraction of sp³-hybridized carbons (Fsp3) is 0.773. The first-order chi connectivity index (χ1) is 26.3. The molecule has 0 aromatic carbocycles. The van der Waals surface area contributed by atoms with Crippen LogP contribution in [0.3, 0.4) is 0 Å². The molecule has 0 bridgehead atoms. The summed E-state index contributed by atoms with van der Waals surface area (Å²) in [6.07, 6.45) is 9.20. The molecule has 4 N–H and O–H groups in total. The van der Waals surface area contributed by atoms with Gasteiger partial charge in [-0.15, -0.1) is 0 Å². The highest BCUT2D eigenvalue weighted by Crippen LogP contribution is 2.71. The number of hydrogen-bond donors (Lipinski definition) is 4. The molecule has 0 radical (unpaired) electrons. The van der Waals surface area contributed by atoms with E-state index < -0.39 is 76.5 Å². The summed E-state index contributed by atoms with van der Waals surface area (Å²) in [4.78, 5) is 72.3. The molecule has 12 heteroatoms. The number of aliphatic hydroxyl groups excluding tert-OH is 3. The Morgan fingerprint density at radius 1 is 0.857 bits per heavy atom. The third-order valence-electron chi connectivity index (χ3n) is 17.3. The van der Waals surface area contributed by atoms with Crippen LogP contribution in [0.2, 0.25) is 0 Å². The number of hydrogen-bond acceptors (Lipinski definition) is 11. The lowest BCUT2D eigenvalue weighted by molar-refractivity contribution is -0.227. The minimum absolute atomic E-state index is 0.00553. The van der Waals surface area contributed by atoms with Crippen LogP contribution >= 0.6 is 0 Å². The minimum atomic E-state index is -1.91. The van der Waals surface area contributed by atoms with Gasteiger partial charge < -0.3 is 30.0 Å². The van der Waals surface area contributed by atoms with E-state index >= 15 is 4.39 Å². The molecule has 0 saturated heterocycles. The van der Waals surface area contributed by atoms with Crippen molar-refractivity contribution in [2.75, 3.05) is 13.2 Å². The number of Topliss-reactive ketones (excluding diaryl/α,β-unsaturated/α-hetero) is 2. The number of rotatable bonds is 6. The van der Waals surface area contributed by atoms with Crippen LogP contribution in [0.15, 0.2) is 23.3 Å². The maximum Gasteiger partial charge on any atom is 0.303 e. The number of aliphatic hydroxyl groups is 4. The molecule has 56 heavy (non-hydrogen) atoms. The van der Waals surface area contributed by atoms with Crippen molar-refractivity contribution in [3.05, 3.63) is 23.3 Å². The second-order valence-corrected chi connectivity index (χ2v) is 19.4. The third-order valence-corrected chi connectivity index (χ3v) is 17.3. The van der Waals surface area contributed by atoms with Crippen LogP contribution in [-0.2, 0) is 33.5 Å². The average Bonchev–Trinajstić information content (AvgIpc) is 3.66. The minimum Gasteiger partial charge on any atom is -0.458 e. The van der Waals surface area contributed by atoms with E-state index in [0.717, 1.165) is 43.1 Å². The summed E-state index contributed by atoms with van der Waals surface area (Å²) in [5.41, 5.74) is -4.69. The number of alkyl halides is 1. The van der Waals surface area contributed by atoms with Gasteiger partial charge in [-0.2, -0.15) is 0 Å². The van der Waals surface area contributed by atoms with Crippen LogP contribution in [-0.4, -0.2) is 92.5 Å². The summed E-state index contributed by atoms with van der Waals surface area (Å²) in [5.74, 6) is -2.23. The van der Waals surface area contributed by atoms with E-state index in [0.29, 0.717) is 44.9 Å². The Balaban J connectivity index is 0.000000173. The van der Waals surface area contributed by atoms with Crippen LogP contribution < -0.4 is 0 Å². The lowest BCUT2D eigenvalue weighted by Gasteiger charge is -2.63. The van der Waals surface area contributed by atoms with Gasteiger partial charge in [0.25, 0.3) is 0 Å². The molecule has 6 saturated carbocycles. The van der Waals surface area contributed by atoms with E-state index in [1.54, 1.807) is 19.1 Å². The van der Waals surface area contributed by atoms with Crippen molar-refractivity contribution in [2.45, 2.75) is 141 Å². The third kappa shape index (κ3) is 5.69. The largest absolute Gasteiger partial charge is 0.458 e. The number of carbonyl (C=O) groups excluding carboxylic acids is 6. The van der Waals surface area contributed by atoms with Crippen LogP contribution in [0.1, 0.15) is 118 Å². The SMILES string of the molecule is CC(=O)OCC(=O)[C@@]1(O)CC[C@H]2[C@@H]3CCC4=CC(=O)CC[C@]4(C)[C@@]3(F)[C@@H](O)C[C@@]21C.C[C@]12CCC(=O)C=C1CC[C@@H]1[C@@H]2[C@@H](O)C[C@]2(C=O)[C@@H](C(=O)CO)CC[C@@H]12. The van der Waals surface area contributed by atoms with Gasteiger partial charge in [-0.05, 0) is 118 Å². The molecule has 8 rings (SSSR count). The van der Waals surface area contributed by atoms with Crippen molar-refractivity contribution in [1.29, 1.82) is 0 Å². The Morgan fingerprint density at radius 3 is 2.18 bits per heavy atom. The molecule has 8 aliphatic rings. The first-order valence-electron chi connectivity index (χ1n) is 20.8. The van der Waals surface area contributed by atoms with Gasteiger partial charge >= 0.3 is 5.97 Å². The van der Waals surface area contributed by atoms with E-state index in [9.17, 15) is 49.2 Å². The number of esters is 1. The zero-order valence-corrected chi connectivity index (χ0v) is 33.2. The van der Waals surface area contributed by atoms with Crippen LogP contribution in [0.25, 0.3) is 0 Å². The highest BCUT2D eigenvalue weighted by atomic mass is 19.1. The van der Waals surface area contributed by atoms with Crippen LogP contribution in [0.5, 0.6) is 0 Å². The molecule has 0 aromatic rings. The number of aldehydes is 1. The Bertz CT molecular complexity index is 1770. The molecule has 0 spiro atoms. The average molecular weight is 783 g/mol. The molecule has 6 fully saturated rings. The molecule has 308 valence electrons. The molecule has 0 aliphatic heterocycles. The first-order valence-corrected chi connectivity index (χ1v) is 20.8. The van der Waals surface area contributed by atoms with Gasteiger partial charge in [0.05, 0.1) is 12.2 Å². The normalized spacial score (nSPS) is 47.5. The van der Waals surface area contributed by atoms with Gasteiger partial charge in [0.2, 0.25) is 5.78 Å². The highest BCUT2D eigenvalue weighted by Gasteiger charge is 2.74. The van der Waals surface area contributed by atoms with Gasteiger partial charge in [-0.1, -0.05) is 31.9 Å². The highest BCUT2D eigenvalue weighted by molar-refractivity contribution is 5.93. The Kier molecular flexibility index (Phi) is 10.4. The van der Waals surface area contributed by atoms with E-state index in [1.165, 1.54) is 6.92 Å². The molecule has 0 aromatic heterocycles. The zero-order valence-electron chi connectivity index (χ0n) is 33.2. The van der Waals surface area contributed by atoms with Gasteiger partial charge in [0.15, 0.2) is 24.0 Å². The summed E-state index contributed by atoms with van der Waals surface area (Å²) in [6, 6.07) is 0. The molecule has 8 aliphatic carbocycles. The standard InChI is InChI=1S/C23H31FO6.C21H28O5/c1-13(25)30-12-19(28)22(29)9-7-16-17-5-4-14-10-15(26)6-8-20(14,2)23(17,24)18(27)11-21(16,22)3;1-20-7-6-13(24)8-12(20)2-3-14-15-4-5-16(18(26)10-22)21(15,11-23)9-17(25)19(14)20/h10,16-18,27,29H,4-9,11-12H2,1-3H3;8,11,14-17,19,22,25H,2-7,9-10H2,1H3/t16-,17-,18-,20-,21-,22-,23-;14-,15-,16+,17-,19+,20-,21+/m00/s1. The number of carbonyl (C=O) groups is 6. The van der Waals surface area contributed by atoms with Gasteiger partial charge in [0, 0.05) is 47.8 Å². The Morgan fingerprint density at radius 2 is 1.52 bits per heavy atom. The second kappa shape index (κ2) is 14.1. The van der Waals surface area contributed by atoms with Crippen molar-refractivity contribution in [2.24, 2.45) is 57.2 Å². The molecule has 0 unspecified atom stereocenters. The Hall–Kier alpha value is -2.93. The van der Waals surface area contributed by atoms with E-state index in [-0.39, 0.29) is 65.7 Å². The van der Waals surface area contributed by atoms with Crippen molar-refractivity contribution in [3.63, 3.8) is 0 Å². The molecule has 11 nitrogen and oxygen atoms in total. The van der Waals surface area contributed by atoms with Crippen LogP contribution in [0.4, 0.5) is 4.39 Å². The first kappa shape index (κ1) is 41.2. The summed E-state index contributed by atoms with van der Waals surface area (Å²) in [7, 11) is 0. The monoisotopic (exact) mass is 782 g/mol. The number of halogens is 1. The molecular formula is C44H59FO11. The van der Waals surface area contributed by atoms with Crippen molar-refractivity contribution in [3.8, 4) is 0 Å². The summed E-state index contributed by atoms with van der Waals surface area (Å²) < 4.78 is 21.8. The Labute approximate surface area is 327 Å². The smallest absolute Gasteiger partial charge is 0.303 e. The summed E-state index contributed by atoms with van der Waals surface area (Å²) >= 11 is 0. The van der Waals surface area contributed by atoms with Gasteiger partial charge in [-0.25, -0.2) is 4.39 Å². The lowest BCUT2D eigenvalue weighted by atomic mass is 9.44. The predicted molar refractivity (Wildman–Crippen MR) is 199 cm³/mol. The molecule has 14 atom stereocenters. The number of ether oxygens (including phenoxy) is 1. The van der Waals surface area contributed by atoms with Crippen molar-refractivity contribution in [1.82, 2.24) is 0 Å². The van der Waals surface area contributed by atoms with E-state index in [1.807, 2.05) is 6.92 Å². The lowest BCUT2D eigenvalue weighted by Crippen LogP contribution is -2.69.